The molecule has 11 unspecified atom stereocenters. The van der Waals surface area contributed by atoms with Gasteiger partial charge >= 0.3 is 11.4 Å². The second kappa shape index (κ2) is 45.1. The number of H-pyrrole nitrogens is 3. The number of ether oxygens (including phenoxy) is 14. The van der Waals surface area contributed by atoms with Crippen molar-refractivity contribution in [2.75, 3.05) is 149 Å². The topological polar surface area (TPSA) is 828 Å². The van der Waals surface area contributed by atoms with Crippen molar-refractivity contribution in [3.05, 3.63) is 107 Å². The fraction of sp³-hybridized carbons (Fsp3) is 0.611. The fourth-order valence-electron chi connectivity index (χ4n) is 16.4. The summed E-state index contributed by atoms with van der Waals surface area (Å²) in [6.07, 6.45) is -26.4. The molecule has 784 valence electrons. The highest BCUT2D eigenvalue weighted by atomic mass is 32.7. The highest BCUT2D eigenvalue weighted by Gasteiger charge is 2.56. The Labute approximate surface area is 825 Å². The zero-order chi connectivity index (χ0) is 102. The summed E-state index contributed by atoms with van der Waals surface area (Å²) in [6, 6.07) is 0. The first-order chi connectivity index (χ1) is 68.0. The van der Waals surface area contributed by atoms with Gasteiger partial charge in [0.25, 0.3) is 24.5 Å². The third-order valence-electron chi connectivity index (χ3n) is 23.1. The van der Waals surface area contributed by atoms with Crippen LogP contribution in [0.25, 0.3) is 44.7 Å². The summed E-state index contributed by atoms with van der Waals surface area (Å²) in [5, 5.41) is 11.8. The number of aromatic nitrogens is 20. The fourth-order valence-corrected chi connectivity index (χ4v) is 23.2. The predicted octanol–water partition coefficient (Wildman–Crippen LogP) is -4.59. The Balaban J connectivity index is 0.678. The van der Waals surface area contributed by atoms with E-state index in [9.17, 15) is 38.9 Å². The van der Waals surface area contributed by atoms with E-state index >= 15 is 18.9 Å². The van der Waals surface area contributed by atoms with E-state index in [1.165, 1.54) is 80.4 Å². The molecule has 16 rings (SSSR count). The summed E-state index contributed by atoms with van der Waals surface area (Å²) >= 11 is 22.3. The predicted molar refractivity (Wildman–Crippen MR) is 493 cm³/mol. The lowest BCUT2D eigenvalue weighted by molar-refractivity contribution is -0.237. The first-order valence-corrected chi connectivity index (χ1v) is 54.7. The van der Waals surface area contributed by atoms with E-state index in [1.807, 2.05) is 0 Å². The van der Waals surface area contributed by atoms with E-state index < -0.39 is 237 Å². The maximum Gasteiger partial charge on any atom is 0.351 e. The van der Waals surface area contributed by atoms with E-state index in [2.05, 4.69) is 69.8 Å². The van der Waals surface area contributed by atoms with Crippen LogP contribution in [0.15, 0.2) is 68.0 Å². The molecule has 6 saturated heterocycles. The van der Waals surface area contributed by atoms with Crippen LogP contribution in [-0.4, -0.2) is 314 Å². The number of nitrogens with one attached hydrogen (secondary N) is 3. The largest absolute Gasteiger partial charge is 0.780 e. The maximum absolute atomic E-state index is 15.6. The highest BCUT2D eigenvalue weighted by Crippen LogP contribution is 2.56. The van der Waals surface area contributed by atoms with Crippen LogP contribution in [0.4, 0.5) is 35.3 Å². The summed E-state index contributed by atoms with van der Waals surface area (Å²) in [7, 11) is -0.740. The number of nitrogens with two attached hydrogens (primary N) is 6. The third-order valence-corrected chi connectivity index (χ3v) is 30.3. The van der Waals surface area contributed by atoms with Crippen molar-refractivity contribution in [2.45, 2.75) is 169 Å². The number of imidazole rings is 4. The van der Waals surface area contributed by atoms with Gasteiger partial charge in [-0.25, -0.2) is 39.5 Å². The van der Waals surface area contributed by atoms with E-state index in [0.717, 1.165) is 26.4 Å². The number of aliphatic hydroxyl groups excluding tert-OH is 1. The normalized spacial score (nSPS) is 29.0. The Kier molecular flexibility index (Phi) is 33.9. The first kappa shape index (κ1) is 108. The van der Waals surface area contributed by atoms with Crippen molar-refractivity contribution in [3.63, 3.8) is 0 Å². The molecular formula is C72H96N26O36P5S4-5. The van der Waals surface area contributed by atoms with Gasteiger partial charge in [0.1, 0.15) is 135 Å². The van der Waals surface area contributed by atoms with Crippen molar-refractivity contribution < 1.29 is 145 Å². The zero-order valence-electron chi connectivity index (χ0n) is 76.0. The van der Waals surface area contributed by atoms with Crippen LogP contribution < -0.4 is 82.0 Å². The Bertz CT molecular complexity index is 6830. The number of phosphoric acid groups is 1. The molecular weight excluding hydrogens is 2090 g/mol. The number of nitrogens with zero attached hydrogens (tertiary/aromatic N) is 17. The number of aliphatic hydroxyl groups is 1. The van der Waals surface area contributed by atoms with Crippen LogP contribution in [0.5, 0.6) is 0 Å². The van der Waals surface area contributed by atoms with Gasteiger partial charge < -0.3 is 183 Å². The lowest BCUT2D eigenvalue weighted by atomic mass is 10.1. The number of aryl methyl sites for hydroxylation is 2. The molecule has 143 heavy (non-hydrogen) atoms. The van der Waals surface area contributed by atoms with E-state index in [1.54, 1.807) is 13.8 Å². The molecule has 6 fully saturated rings. The molecule has 62 nitrogen and oxygen atoms in total. The number of methoxy groups -OCH3 is 4. The van der Waals surface area contributed by atoms with Crippen molar-refractivity contribution in [2.24, 2.45) is 0 Å². The molecule has 10 aromatic rings. The van der Waals surface area contributed by atoms with E-state index in [4.69, 9.17) is 194 Å². The molecule has 6 aliphatic heterocycles. The van der Waals surface area contributed by atoms with E-state index in [-0.39, 0.29) is 145 Å². The Morgan fingerprint density at radius 1 is 0.420 bits per heavy atom. The summed E-state index contributed by atoms with van der Waals surface area (Å²) in [5.74, 6) is -1.36. The number of hydrogen-bond acceptors (Lipinski definition) is 57. The van der Waals surface area contributed by atoms with Gasteiger partial charge in [-0.2, -0.15) is 24.9 Å². The summed E-state index contributed by atoms with van der Waals surface area (Å²) in [6.45, 7) is -22.1. The molecule has 6 aliphatic rings. The van der Waals surface area contributed by atoms with Crippen molar-refractivity contribution in [1.29, 1.82) is 0 Å². The summed E-state index contributed by atoms with van der Waals surface area (Å²) < 4.78 is 182. The molecule has 71 heteroatoms. The molecule has 0 amide bonds. The molecule has 0 aromatic carbocycles. The average Bonchev–Trinajstić information content (AvgIpc) is 1.38. The second-order valence-electron chi connectivity index (χ2n) is 32.6. The van der Waals surface area contributed by atoms with Crippen molar-refractivity contribution in [1.82, 2.24) is 97.2 Å². The van der Waals surface area contributed by atoms with Gasteiger partial charge in [0.2, 0.25) is 17.8 Å². The van der Waals surface area contributed by atoms with Gasteiger partial charge in [0.15, 0.2) is 76.7 Å². The van der Waals surface area contributed by atoms with Gasteiger partial charge in [-0.15, -0.1) is 0 Å². The molecule has 0 bridgehead atoms. The minimum atomic E-state index is -6.12. The molecule has 27 atom stereocenters. The number of phosphoric ester groups is 1. The number of rotatable bonds is 47. The number of anilines is 6. The maximum atomic E-state index is 15.6. The van der Waals surface area contributed by atoms with Gasteiger partial charge in [-0.1, -0.05) is 35.4 Å². The van der Waals surface area contributed by atoms with Gasteiger partial charge in [0.05, 0.1) is 130 Å². The third kappa shape index (κ3) is 24.4. The zero-order valence-corrected chi connectivity index (χ0v) is 83.8. The average molecular weight is 2180 g/mol. The minimum absolute atomic E-state index is 0.0150. The van der Waals surface area contributed by atoms with Crippen LogP contribution in [0, 0.1) is 13.8 Å². The molecule has 0 aliphatic carbocycles. The van der Waals surface area contributed by atoms with Gasteiger partial charge in [-0.3, -0.25) is 65.9 Å². The number of fused-ring (bicyclic) bond motifs is 4. The molecule has 0 radical (unpaired) electrons. The first-order valence-electron chi connectivity index (χ1n) is 43.1. The smallest absolute Gasteiger partial charge is 0.351 e. The van der Waals surface area contributed by atoms with Gasteiger partial charge in [0, 0.05) is 64.8 Å². The highest BCUT2D eigenvalue weighted by molar-refractivity contribution is 8.32. The lowest BCUT2D eigenvalue weighted by Gasteiger charge is -2.37. The SMILES string of the molecule is COCCO[C@H]1C(O)[C@@H](COP([O-])(=S)OC2[C@@H](COP([O-])(=S)OC3[C@@H](COP(=O)([O-])OC4[C@@H](COP(=O)([S-])OC5C[C@H](n6cnc7c(=O)[nH]c(N)nc76)O[C@@H]5COP([O-])(=S)OC5C[C@H](n6cnc7c(=O)[nH]c(N)nc76)O[C@@H]5C)O[C@@H](n5cnc6c(N)ncnc65)[C@H]4OCCOC)O[C@@H](n4cnc5c(=O)[nH]c(N)nc54)[C@H]3OCCOC)O[C@@H](n3cc(C)c(N)nc3=O)[C@H]2OCCOC)O[C@H]1n1cc(C)c(N)nc1=O. The van der Waals surface area contributed by atoms with Crippen LogP contribution in [0.1, 0.15) is 68.3 Å². The van der Waals surface area contributed by atoms with Crippen molar-refractivity contribution >= 4 is 162 Å². The Morgan fingerprint density at radius 2 is 0.790 bits per heavy atom. The van der Waals surface area contributed by atoms with Crippen molar-refractivity contribution in [3.8, 4) is 0 Å². The number of aromatic amines is 3. The standard InChI is InChI=1S/C72H101N26O36P5S4/c1-30-18-93(71(103)85-54(30)73)64-50(115-12-8-111-4)46(99)36(126-64)21-121-138(109,142)134-49-39(127-65(52(49)117-14-10-113-6)94-19-31(2)55(74)86-72(94)104)24-123-139(110,143)133-48-37(128-67(53(48)118-15-11-114-7)98-29-84-45-60(98)89-70(78)92-63(45)102)22-119-135(105,106)132-47-38(129-66(51(47)116-13-9-112-5)97-28-81-42-56(75)79-25-80-57(42)97)23-122-137(108,141)131-34-17-41(96-27-83-44-59(96)88-69(77)91-62(44)101)125-35(34)20-120-136(107,140)130-33-16-40(124-32(33)3)95-26-82-43-58(95)87-68(76)90-61(43)100/h18-19,25-29,32-41,46-53,64-67,99H,8-17,20-24H2,1-7H3,(H,105,106)(H,107,140)(H,108,141)(H,109,142)(H,110,143)(H2,73,85,103)(H2,74,86,104)(H2,75,79,80)(H3,76,87,90,100)(H3,77,88,91,101)(H3,78,89,92,102)/p-5/t32-,33?,34?,35-,36-,37-,38-,39-,40-,41-,46?,47?,48?,49?,50+,51+,52+,53+,64-,65-,66-,67-,136?,137?,138?,139?/m1/s1. The number of hydrogen-bond donors (Lipinski definition) is 10. The summed E-state index contributed by atoms with van der Waals surface area (Å²) in [5.41, 5.74) is 31.8. The number of nitrogen functional groups attached to an aromatic ring is 6. The van der Waals surface area contributed by atoms with Crippen LogP contribution in [0.2, 0.25) is 0 Å². The summed E-state index contributed by atoms with van der Waals surface area (Å²) in [4.78, 5) is 180. The van der Waals surface area contributed by atoms with E-state index in [0.29, 0.717) is 5.56 Å². The van der Waals surface area contributed by atoms with Gasteiger partial charge in [-0.05, 0) is 20.8 Å². The quantitative estimate of drug-likeness (QED) is 0.00975. The lowest BCUT2D eigenvalue weighted by Crippen LogP contribution is -2.42. The monoisotopic (exact) mass is 2180 g/mol. The molecule has 0 spiro atoms. The van der Waals surface area contributed by atoms with Crippen LogP contribution in [0.3, 0.4) is 0 Å². The Hall–Kier alpha value is -8.24. The van der Waals surface area contributed by atoms with Crippen LogP contribution in [-0.2, 0) is 168 Å². The Morgan fingerprint density at radius 3 is 1.27 bits per heavy atom. The second-order valence-corrected chi connectivity index (χ2v) is 44.8. The van der Waals surface area contributed by atoms with Crippen LogP contribution >= 0.6 is 34.8 Å². The molecule has 16 heterocycles. The molecule has 10 aromatic heterocycles. The minimum Gasteiger partial charge on any atom is -0.780 e. The molecule has 0 saturated carbocycles. The molecule has 16 N–H and O–H groups in total.